The summed E-state index contributed by atoms with van der Waals surface area (Å²) in [7, 11) is 0. The van der Waals surface area contributed by atoms with E-state index in [4.69, 9.17) is 23.2 Å². The van der Waals surface area contributed by atoms with Crippen molar-refractivity contribution in [1.82, 2.24) is 4.98 Å². The number of nitro groups is 2. The molecule has 0 spiro atoms. The van der Waals surface area contributed by atoms with Crippen LogP contribution in [0.4, 0.5) is 31.5 Å². The van der Waals surface area contributed by atoms with Gasteiger partial charge in [-0.15, -0.1) is 0 Å². The van der Waals surface area contributed by atoms with Crippen LogP contribution in [0, 0.1) is 31.9 Å². The lowest BCUT2D eigenvalue weighted by atomic mass is 9.97. The fraction of sp³-hybridized carbons (Fsp3) is 0.281. The second-order valence-corrected chi connectivity index (χ2v) is 12.0. The third kappa shape index (κ3) is 5.89. The molecule has 45 heavy (non-hydrogen) atoms. The molecule has 0 aliphatic carbocycles. The molecule has 2 aliphatic heterocycles. The van der Waals surface area contributed by atoms with Gasteiger partial charge in [0.15, 0.2) is 11.6 Å². The summed E-state index contributed by atoms with van der Waals surface area (Å²) in [6.45, 7) is 0.451. The number of halogens is 4. The highest BCUT2D eigenvalue weighted by Gasteiger charge is 2.39. The average Bonchev–Trinajstić information content (AvgIpc) is 3.47. The Hall–Kier alpha value is -4.35. The number of nitrogens with zero attached hydrogens (tertiary/aromatic N) is 5. The maximum absolute atomic E-state index is 16.2. The molecule has 2 aliphatic rings. The van der Waals surface area contributed by atoms with Crippen LogP contribution < -0.4 is 9.80 Å². The molecule has 13 heteroatoms. The molecule has 9 nitrogen and oxygen atoms in total. The first-order valence-electron chi connectivity index (χ1n) is 14.5. The predicted octanol–water partition coefficient (Wildman–Crippen LogP) is 9.30. The Morgan fingerprint density at radius 2 is 1.33 bits per heavy atom. The van der Waals surface area contributed by atoms with E-state index in [1.54, 1.807) is 34.2 Å². The third-order valence-corrected chi connectivity index (χ3v) is 9.25. The summed E-state index contributed by atoms with van der Waals surface area (Å²) in [4.78, 5) is 30.1. The van der Waals surface area contributed by atoms with Crippen molar-refractivity contribution in [2.75, 3.05) is 16.3 Å². The Morgan fingerprint density at radius 3 is 1.84 bits per heavy atom. The van der Waals surface area contributed by atoms with Crippen LogP contribution in [-0.4, -0.2) is 21.4 Å². The van der Waals surface area contributed by atoms with E-state index in [0.717, 1.165) is 18.5 Å². The highest BCUT2D eigenvalue weighted by molar-refractivity contribution is 6.33. The van der Waals surface area contributed by atoms with E-state index >= 15 is 8.78 Å². The molecule has 0 radical (unpaired) electrons. The van der Waals surface area contributed by atoms with Crippen LogP contribution in [0.2, 0.25) is 10.0 Å². The summed E-state index contributed by atoms with van der Waals surface area (Å²) >= 11 is 12.2. The van der Waals surface area contributed by atoms with Crippen molar-refractivity contribution >= 4 is 46.0 Å². The Bertz CT molecular complexity index is 1690. The van der Waals surface area contributed by atoms with Crippen molar-refractivity contribution in [3.8, 4) is 0 Å². The van der Waals surface area contributed by atoms with E-state index in [1.165, 1.54) is 36.4 Å². The number of nitro benzene ring substituents is 2. The van der Waals surface area contributed by atoms with Gasteiger partial charge in [0.1, 0.15) is 15.7 Å². The van der Waals surface area contributed by atoms with Crippen LogP contribution in [0.5, 0.6) is 0 Å². The number of hydrogen-bond acceptors (Lipinski definition) is 7. The topological polar surface area (TPSA) is 106 Å². The Kier molecular flexibility index (Phi) is 8.56. The second-order valence-electron chi connectivity index (χ2n) is 11.2. The quantitative estimate of drug-likeness (QED) is 0.144. The fourth-order valence-corrected chi connectivity index (χ4v) is 7.01. The smallest absolute Gasteiger partial charge is 0.288 e. The molecule has 3 aromatic carbocycles. The largest absolute Gasteiger partial charge is 0.358 e. The molecule has 2 saturated heterocycles. The highest BCUT2D eigenvalue weighted by Crippen LogP contribution is 2.50. The molecule has 0 amide bonds. The number of anilines is 2. The van der Waals surface area contributed by atoms with E-state index in [2.05, 4.69) is 4.98 Å². The van der Waals surface area contributed by atoms with Crippen LogP contribution in [-0.2, 0) is 0 Å². The molecule has 1 unspecified atom stereocenters. The van der Waals surface area contributed by atoms with Gasteiger partial charge in [-0.25, -0.2) is 8.78 Å². The first-order valence-corrected chi connectivity index (χ1v) is 15.2. The van der Waals surface area contributed by atoms with Gasteiger partial charge in [-0.3, -0.25) is 25.2 Å². The molecule has 3 atom stereocenters. The molecule has 6 rings (SSSR count). The first kappa shape index (κ1) is 30.7. The van der Waals surface area contributed by atoms with Crippen molar-refractivity contribution in [3.05, 3.63) is 132 Å². The first-order chi connectivity index (χ1) is 21.6. The van der Waals surface area contributed by atoms with Gasteiger partial charge in [0, 0.05) is 30.6 Å². The second kappa shape index (κ2) is 12.6. The maximum atomic E-state index is 16.2. The lowest BCUT2D eigenvalue weighted by Crippen LogP contribution is -2.35. The van der Waals surface area contributed by atoms with E-state index in [9.17, 15) is 20.2 Å². The molecule has 4 aromatic rings. The predicted molar refractivity (Wildman–Crippen MR) is 168 cm³/mol. The third-order valence-electron chi connectivity index (χ3n) is 8.61. The monoisotopic (exact) mass is 653 g/mol. The summed E-state index contributed by atoms with van der Waals surface area (Å²) in [5.74, 6) is -1.53. The molecule has 2 fully saturated rings. The highest BCUT2D eigenvalue weighted by atomic mass is 35.5. The number of piperidine rings is 1. The van der Waals surface area contributed by atoms with Crippen LogP contribution >= 0.6 is 23.2 Å². The van der Waals surface area contributed by atoms with E-state index in [-0.39, 0.29) is 38.8 Å². The van der Waals surface area contributed by atoms with Crippen LogP contribution in [0.3, 0.4) is 0 Å². The standard InChI is InChI=1S/C32H27Cl2F2N5O4/c33-22-9-7-19(15-30(22)40(42)43)27-11-12-28(20-8-10-23(34)31(16-20)41(44)45)39(27)21-17-24(35)32(25(36)18-21)38-14-4-2-6-29(38)26-5-1-3-13-37-26/h1,3,5,7-10,13,15-18,27-29H,2,4,6,11-12,14H2/t27-,28-,29?/m1/s1. The van der Waals surface area contributed by atoms with Crippen molar-refractivity contribution in [2.24, 2.45) is 0 Å². The zero-order chi connectivity index (χ0) is 31.8. The maximum Gasteiger partial charge on any atom is 0.288 e. The summed E-state index contributed by atoms with van der Waals surface area (Å²) in [5, 5.41) is 23.3. The lowest BCUT2D eigenvalue weighted by molar-refractivity contribution is -0.384. The molecule has 0 N–H and O–H groups in total. The summed E-state index contributed by atoms with van der Waals surface area (Å²) in [6, 6.07) is 15.5. The lowest BCUT2D eigenvalue weighted by Gasteiger charge is -2.38. The van der Waals surface area contributed by atoms with Crippen molar-refractivity contribution < 1.29 is 18.6 Å². The molecule has 0 bridgehead atoms. The Morgan fingerprint density at radius 1 is 0.756 bits per heavy atom. The summed E-state index contributed by atoms with van der Waals surface area (Å²) in [6.07, 6.45) is 4.91. The van der Waals surface area contributed by atoms with Crippen LogP contribution in [0.1, 0.15) is 67.1 Å². The molecule has 3 heterocycles. The zero-order valence-corrected chi connectivity index (χ0v) is 25.3. The van der Waals surface area contributed by atoms with E-state index in [1.807, 2.05) is 12.1 Å². The van der Waals surface area contributed by atoms with Crippen molar-refractivity contribution in [3.63, 3.8) is 0 Å². The normalized spacial score (nSPS) is 20.0. The van der Waals surface area contributed by atoms with E-state index in [0.29, 0.717) is 36.9 Å². The van der Waals surface area contributed by atoms with Crippen molar-refractivity contribution in [1.29, 1.82) is 0 Å². The number of rotatable bonds is 7. The molecular formula is C32H27Cl2F2N5O4. The van der Waals surface area contributed by atoms with Gasteiger partial charge in [-0.05, 0) is 79.6 Å². The average molecular weight is 655 g/mol. The summed E-state index contributed by atoms with van der Waals surface area (Å²) in [5.41, 5.74) is 1.24. The number of pyridine rings is 1. The SMILES string of the molecule is O=[N+]([O-])c1cc([C@H]2CC[C@H](c3ccc(Cl)c([N+](=O)[O-])c3)N2c2cc(F)c(N3CCCCC3c3ccccn3)c(F)c2)ccc1Cl. The van der Waals surface area contributed by atoms with Gasteiger partial charge in [-0.2, -0.15) is 0 Å². The van der Waals surface area contributed by atoms with Gasteiger partial charge >= 0.3 is 0 Å². The number of benzene rings is 3. The van der Waals surface area contributed by atoms with Gasteiger partial charge in [0.2, 0.25) is 0 Å². The fourth-order valence-electron chi connectivity index (χ4n) is 6.63. The van der Waals surface area contributed by atoms with Crippen molar-refractivity contribution in [2.45, 2.75) is 50.2 Å². The van der Waals surface area contributed by atoms with Gasteiger partial charge in [0.05, 0.1) is 33.7 Å². The van der Waals surface area contributed by atoms with Gasteiger partial charge < -0.3 is 9.80 Å². The molecule has 1 aromatic heterocycles. The van der Waals surface area contributed by atoms with E-state index < -0.39 is 33.6 Å². The number of aromatic nitrogens is 1. The molecule has 232 valence electrons. The number of hydrogen-bond donors (Lipinski definition) is 0. The minimum Gasteiger partial charge on any atom is -0.358 e. The van der Waals surface area contributed by atoms with Gasteiger partial charge in [-0.1, -0.05) is 41.4 Å². The molecular weight excluding hydrogens is 627 g/mol. The zero-order valence-electron chi connectivity index (χ0n) is 23.8. The summed E-state index contributed by atoms with van der Waals surface area (Å²) < 4.78 is 32.4. The van der Waals surface area contributed by atoms with Gasteiger partial charge in [0.25, 0.3) is 11.4 Å². The minimum absolute atomic E-state index is 0.0383. The molecule has 0 saturated carbocycles. The Balaban J connectivity index is 1.46. The van der Waals surface area contributed by atoms with Crippen LogP contribution in [0.15, 0.2) is 72.9 Å². The van der Waals surface area contributed by atoms with Crippen LogP contribution in [0.25, 0.3) is 0 Å². The minimum atomic E-state index is -0.763. The Labute approximate surface area is 267 Å².